The second-order valence-electron chi connectivity index (χ2n) is 5.18. The molecule has 0 aromatic heterocycles. The van der Waals surface area contributed by atoms with E-state index < -0.39 is 42.4 Å². The van der Waals surface area contributed by atoms with Gasteiger partial charge in [-0.25, -0.2) is 0 Å². The minimum Gasteiger partial charge on any atom is -0.490 e. The molecule has 0 unspecified atom stereocenters. The van der Waals surface area contributed by atoms with Crippen LogP contribution in [-0.4, -0.2) is 33.9 Å². The fourth-order valence-corrected chi connectivity index (χ4v) is 4.47. The summed E-state index contributed by atoms with van der Waals surface area (Å²) >= 11 is 0. The first-order chi connectivity index (χ1) is 14.1. The van der Waals surface area contributed by atoms with E-state index in [1.54, 1.807) is 0 Å². The molecule has 0 aliphatic heterocycles. The molecule has 0 radical (unpaired) electrons. The maximum atomic E-state index is 11.3. The maximum absolute atomic E-state index is 11.3. The third-order valence-electron chi connectivity index (χ3n) is 3.53. The van der Waals surface area contributed by atoms with Crippen LogP contribution in [0.5, 0.6) is 11.5 Å². The zero-order valence-corrected chi connectivity index (χ0v) is 16.6. The summed E-state index contributed by atoms with van der Waals surface area (Å²) in [7, 11) is 3.65. The first kappa shape index (κ1) is 22.6. The Kier molecular flexibility index (Phi) is 6.96. The second-order valence-corrected chi connectivity index (χ2v) is 7.39. The summed E-state index contributed by atoms with van der Waals surface area (Å²) in [6.45, 7) is 0. The van der Waals surface area contributed by atoms with E-state index in [0.717, 1.165) is 26.4 Å². The highest BCUT2D eigenvalue weighted by molar-refractivity contribution is 8.76. The number of nitro groups is 4. The Morgan fingerprint density at radius 1 is 0.600 bits per heavy atom. The molecule has 0 spiro atoms. The summed E-state index contributed by atoms with van der Waals surface area (Å²) in [6.07, 6.45) is 0. The molecule has 0 aliphatic rings. The summed E-state index contributed by atoms with van der Waals surface area (Å²) < 4.78 is 9.77. The molecule has 0 aliphatic carbocycles. The van der Waals surface area contributed by atoms with Crippen LogP contribution < -0.4 is 9.47 Å². The Balaban J connectivity index is 2.52. The Bertz CT molecular complexity index is 978. The first-order valence-electron chi connectivity index (χ1n) is 7.46. The zero-order valence-electron chi connectivity index (χ0n) is 15.0. The number of nitro benzene ring substituents is 4. The Morgan fingerprint density at radius 2 is 0.900 bits per heavy atom. The predicted octanol–water partition coefficient (Wildman–Crippen LogP) is 4.14. The van der Waals surface area contributed by atoms with Crippen molar-refractivity contribution in [2.24, 2.45) is 0 Å². The van der Waals surface area contributed by atoms with Crippen molar-refractivity contribution in [2.45, 2.75) is 9.79 Å². The molecule has 2 rings (SSSR count). The van der Waals surface area contributed by atoms with E-state index in [1.807, 2.05) is 0 Å². The largest absolute Gasteiger partial charge is 0.490 e. The van der Waals surface area contributed by atoms with E-state index in [1.165, 1.54) is 0 Å². The lowest BCUT2D eigenvalue weighted by atomic mass is 10.2. The van der Waals surface area contributed by atoms with Gasteiger partial charge in [-0.05, 0) is 21.6 Å². The number of methoxy groups -OCH3 is 2. The highest BCUT2D eigenvalue weighted by Gasteiger charge is 2.29. The minimum absolute atomic E-state index is 0.0842. The van der Waals surface area contributed by atoms with Crippen LogP contribution in [0.25, 0.3) is 0 Å². The molecule has 2 aromatic carbocycles. The molecule has 2 aromatic rings. The van der Waals surface area contributed by atoms with Crippen molar-refractivity contribution in [3.63, 3.8) is 0 Å². The van der Waals surface area contributed by atoms with Crippen LogP contribution >= 0.6 is 21.6 Å². The van der Waals surface area contributed by atoms with Gasteiger partial charge in [0.1, 0.15) is 9.79 Å². The standard InChI is InChI=1S/C14H10N4O10S2/c1-27-11-5-13(9(17(23)24)3-7(11)15(19)20)29-30-14-6-12(28-2)8(16(21)22)4-10(14)18(25)26/h3-6H,1-2H3. The summed E-state index contributed by atoms with van der Waals surface area (Å²) in [5, 5.41) is 44.8. The lowest BCUT2D eigenvalue weighted by molar-refractivity contribution is -0.396. The van der Waals surface area contributed by atoms with E-state index in [-0.39, 0.29) is 21.3 Å². The summed E-state index contributed by atoms with van der Waals surface area (Å²) in [5.41, 5.74) is -2.48. The minimum atomic E-state index is -0.848. The van der Waals surface area contributed by atoms with E-state index in [4.69, 9.17) is 9.47 Å². The fraction of sp³-hybridized carbons (Fsp3) is 0.143. The Hall–Kier alpha value is -3.66. The van der Waals surface area contributed by atoms with Crippen LogP contribution in [-0.2, 0) is 0 Å². The Labute approximate surface area is 174 Å². The van der Waals surface area contributed by atoms with Crippen LogP contribution in [0.3, 0.4) is 0 Å². The van der Waals surface area contributed by atoms with Gasteiger partial charge >= 0.3 is 11.4 Å². The molecule has 0 atom stereocenters. The lowest BCUT2D eigenvalue weighted by Crippen LogP contribution is -1.98. The molecule has 0 heterocycles. The number of nitrogens with zero attached hydrogens (tertiary/aromatic N) is 4. The van der Waals surface area contributed by atoms with Crippen LogP contribution in [0, 0.1) is 40.5 Å². The number of hydrogen-bond donors (Lipinski definition) is 0. The SMILES string of the molecule is COc1cc(SSc2cc(OC)c([N+](=O)[O-])cc2[N+](=O)[O-])c([N+](=O)[O-])cc1[N+](=O)[O-]. The fourth-order valence-electron chi connectivity index (χ4n) is 2.20. The number of hydrogen-bond acceptors (Lipinski definition) is 12. The van der Waals surface area contributed by atoms with Gasteiger partial charge in [0, 0.05) is 12.1 Å². The molecule has 16 heteroatoms. The maximum Gasteiger partial charge on any atom is 0.317 e. The lowest BCUT2D eigenvalue weighted by Gasteiger charge is -2.08. The molecule has 0 N–H and O–H groups in total. The molecule has 158 valence electrons. The highest BCUT2D eigenvalue weighted by Crippen LogP contribution is 2.49. The van der Waals surface area contributed by atoms with Gasteiger partial charge in [0.05, 0.1) is 46.0 Å². The highest BCUT2D eigenvalue weighted by atomic mass is 33.1. The van der Waals surface area contributed by atoms with E-state index in [2.05, 4.69) is 0 Å². The van der Waals surface area contributed by atoms with Gasteiger partial charge in [-0.1, -0.05) is 0 Å². The zero-order chi connectivity index (χ0) is 22.6. The molecule has 30 heavy (non-hydrogen) atoms. The van der Waals surface area contributed by atoms with Crippen molar-refractivity contribution in [3.05, 3.63) is 64.7 Å². The average molecular weight is 458 g/mol. The van der Waals surface area contributed by atoms with Crippen LogP contribution in [0.15, 0.2) is 34.1 Å². The van der Waals surface area contributed by atoms with Gasteiger partial charge < -0.3 is 9.47 Å². The molecular weight excluding hydrogens is 448 g/mol. The smallest absolute Gasteiger partial charge is 0.317 e. The van der Waals surface area contributed by atoms with Crippen molar-refractivity contribution in [1.29, 1.82) is 0 Å². The summed E-state index contributed by atoms with van der Waals surface area (Å²) in [6, 6.07) is 3.55. The van der Waals surface area contributed by atoms with Crippen LogP contribution in [0.2, 0.25) is 0 Å². The van der Waals surface area contributed by atoms with E-state index >= 15 is 0 Å². The quantitative estimate of drug-likeness (QED) is 0.297. The van der Waals surface area contributed by atoms with Crippen molar-refractivity contribution < 1.29 is 29.2 Å². The third-order valence-corrected chi connectivity index (χ3v) is 5.95. The second kappa shape index (κ2) is 9.23. The van der Waals surface area contributed by atoms with E-state index in [9.17, 15) is 40.5 Å². The van der Waals surface area contributed by atoms with Crippen molar-refractivity contribution in [3.8, 4) is 11.5 Å². The normalized spacial score (nSPS) is 10.3. The Morgan fingerprint density at radius 3 is 1.13 bits per heavy atom. The van der Waals surface area contributed by atoms with Crippen molar-refractivity contribution in [2.75, 3.05) is 14.2 Å². The molecule has 14 nitrogen and oxygen atoms in total. The molecule has 0 saturated carbocycles. The summed E-state index contributed by atoms with van der Waals surface area (Å²) in [5.74, 6) is -0.492. The van der Waals surface area contributed by atoms with Crippen molar-refractivity contribution in [1.82, 2.24) is 0 Å². The number of benzene rings is 2. The predicted molar refractivity (Wildman–Crippen MR) is 104 cm³/mol. The summed E-state index contributed by atoms with van der Waals surface area (Å²) in [4.78, 5) is 41.2. The molecule has 0 saturated heterocycles. The monoisotopic (exact) mass is 458 g/mol. The van der Waals surface area contributed by atoms with E-state index in [0.29, 0.717) is 33.7 Å². The number of rotatable bonds is 9. The van der Waals surface area contributed by atoms with Crippen molar-refractivity contribution >= 4 is 44.3 Å². The first-order valence-corrected chi connectivity index (χ1v) is 9.61. The van der Waals surface area contributed by atoms with Gasteiger partial charge in [-0.3, -0.25) is 40.5 Å². The molecule has 0 amide bonds. The van der Waals surface area contributed by atoms with Gasteiger partial charge in [0.2, 0.25) is 0 Å². The molecular formula is C14H10N4O10S2. The topological polar surface area (TPSA) is 191 Å². The van der Waals surface area contributed by atoms with Crippen LogP contribution in [0.4, 0.5) is 22.7 Å². The van der Waals surface area contributed by atoms with Gasteiger partial charge in [-0.2, -0.15) is 0 Å². The van der Waals surface area contributed by atoms with Gasteiger partial charge in [0.25, 0.3) is 11.4 Å². The third kappa shape index (κ3) is 4.66. The molecule has 0 bridgehead atoms. The average Bonchev–Trinajstić information content (AvgIpc) is 2.70. The van der Waals surface area contributed by atoms with Gasteiger partial charge in [0.15, 0.2) is 11.5 Å². The number of ether oxygens (including phenoxy) is 2. The molecule has 0 fully saturated rings. The van der Waals surface area contributed by atoms with Gasteiger partial charge in [-0.15, -0.1) is 0 Å². The van der Waals surface area contributed by atoms with Crippen LogP contribution in [0.1, 0.15) is 0 Å².